The average molecular weight is 329 g/mol. The molecule has 1 amide bonds. The number of alkyl halides is 2. The van der Waals surface area contributed by atoms with Crippen molar-refractivity contribution < 1.29 is 23.2 Å². The lowest BCUT2D eigenvalue weighted by atomic mass is 10.0. The molecule has 8 heteroatoms. The maximum absolute atomic E-state index is 13.3. The van der Waals surface area contributed by atoms with E-state index >= 15 is 0 Å². The summed E-state index contributed by atoms with van der Waals surface area (Å²) in [6.07, 6.45) is -0.489. The number of rotatable bonds is 3. The van der Waals surface area contributed by atoms with Crippen molar-refractivity contribution >= 4 is 5.91 Å². The SMILES string of the molecule is CCc1cc(C(=O)N2C[C@@H](O)[C@H](N3CCC(F)(F)CC3)C2)no1. The predicted molar refractivity (Wildman–Crippen MR) is 77.3 cm³/mol. The van der Waals surface area contributed by atoms with Crippen LogP contribution in [0.5, 0.6) is 0 Å². The van der Waals surface area contributed by atoms with Crippen LogP contribution in [0.4, 0.5) is 8.78 Å². The third kappa shape index (κ3) is 3.37. The zero-order chi connectivity index (χ0) is 16.6. The van der Waals surface area contributed by atoms with E-state index in [-0.39, 0.29) is 50.1 Å². The van der Waals surface area contributed by atoms with Crippen LogP contribution < -0.4 is 0 Å². The molecular formula is C15H21F2N3O3. The number of amides is 1. The Kier molecular flexibility index (Phi) is 4.37. The first-order valence-electron chi connectivity index (χ1n) is 7.94. The second kappa shape index (κ2) is 6.16. The lowest BCUT2D eigenvalue weighted by molar-refractivity contribution is -0.0697. The molecule has 6 nitrogen and oxygen atoms in total. The van der Waals surface area contributed by atoms with Crippen LogP contribution >= 0.6 is 0 Å². The van der Waals surface area contributed by atoms with Gasteiger partial charge in [0.15, 0.2) is 5.69 Å². The number of hydrogen-bond donors (Lipinski definition) is 1. The highest BCUT2D eigenvalue weighted by molar-refractivity contribution is 5.92. The van der Waals surface area contributed by atoms with Crippen LogP contribution in [0.25, 0.3) is 0 Å². The fraction of sp³-hybridized carbons (Fsp3) is 0.733. The monoisotopic (exact) mass is 329 g/mol. The predicted octanol–water partition coefficient (Wildman–Crippen LogP) is 1.15. The maximum atomic E-state index is 13.3. The highest BCUT2D eigenvalue weighted by atomic mass is 19.3. The fourth-order valence-electron chi connectivity index (χ4n) is 3.22. The summed E-state index contributed by atoms with van der Waals surface area (Å²) in [6, 6.07) is 1.30. The van der Waals surface area contributed by atoms with E-state index in [0.29, 0.717) is 18.7 Å². The second-order valence-electron chi connectivity index (χ2n) is 6.27. The van der Waals surface area contributed by atoms with E-state index in [2.05, 4.69) is 5.16 Å². The lowest BCUT2D eigenvalue weighted by Gasteiger charge is -2.36. The number of halogens is 2. The first kappa shape index (κ1) is 16.3. The van der Waals surface area contributed by atoms with Gasteiger partial charge in [0.2, 0.25) is 0 Å². The van der Waals surface area contributed by atoms with Crippen molar-refractivity contribution in [3.05, 3.63) is 17.5 Å². The molecule has 0 saturated carbocycles. The van der Waals surface area contributed by atoms with Crippen LogP contribution in [0.3, 0.4) is 0 Å². The molecule has 128 valence electrons. The van der Waals surface area contributed by atoms with Gasteiger partial charge < -0.3 is 14.5 Å². The molecule has 0 aliphatic carbocycles. The summed E-state index contributed by atoms with van der Waals surface area (Å²) in [5.41, 5.74) is 0.222. The van der Waals surface area contributed by atoms with Crippen molar-refractivity contribution in [1.29, 1.82) is 0 Å². The Morgan fingerprint density at radius 3 is 2.74 bits per heavy atom. The van der Waals surface area contributed by atoms with E-state index in [9.17, 15) is 18.7 Å². The van der Waals surface area contributed by atoms with Gasteiger partial charge in [0.25, 0.3) is 11.8 Å². The molecule has 3 rings (SSSR count). The van der Waals surface area contributed by atoms with Gasteiger partial charge in [0.05, 0.1) is 12.1 Å². The number of β-amino-alcohol motifs (C(OH)–C–C–N with tert-alkyl or cyclic N) is 1. The quantitative estimate of drug-likeness (QED) is 0.901. The Labute approximate surface area is 133 Å². The van der Waals surface area contributed by atoms with Gasteiger partial charge in [-0.25, -0.2) is 8.78 Å². The Bertz CT molecular complexity index is 568. The van der Waals surface area contributed by atoms with Gasteiger partial charge in [-0.15, -0.1) is 0 Å². The van der Waals surface area contributed by atoms with Crippen LogP contribution in [-0.2, 0) is 6.42 Å². The third-order valence-corrected chi connectivity index (χ3v) is 4.67. The van der Waals surface area contributed by atoms with Gasteiger partial charge in [-0.3, -0.25) is 9.69 Å². The van der Waals surface area contributed by atoms with Crippen LogP contribution in [0, 0.1) is 0 Å². The molecule has 3 heterocycles. The van der Waals surface area contributed by atoms with Crippen molar-refractivity contribution in [3.8, 4) is 0 Å². The highest BCUT2D eigenvalue weighted by Crippen LogP contribution is 2.30. The first-order chi connectivity index (χ1) is 10.9. The molecule has 1 N–H and O–H groups in total. The van der Waals surface area contributed by atoms with E-state index in [0.717, 1.165) is 0 Å². The van der Waals surface area contributed by atoms with Gasteiger partial charge in [0, 0.05) is 51.5 Å². The maximum Gasteiger partial charge on any atom is 0.276 e. The smallest absolute Gasteiger partial charge is 0.276 e. The molecule has 0 radical (unpaired) electrons. The van der Waals surface area contributed by atoms with Crippen LogP contribution in [0.15, 0.2) is 10.6 Å². The van der Waals surface area contributed by atoms with Crippen molar-refractivity contribution in [2.24, 2.45) is 0 Å². The average Bonchev–Trinajstić information content (AvgIpc) is 3.13. The first-order valence-corrected chi connectivity index (χ1v) is 7.94. The molecule has 2 aliphatic heterocycles. The van der Waals surface area contributed by atoms with E-state index in [1.807, 2.05) is 11.8 Å². The standard InChI is InChI=1S/C15H21F2N3O3/c1-2-10-7-11(18-23-10)14(22)20-8-12(13(21)9-20)19-5-3-15(16,17)4-6-19/h7,12-13,21H,2-6,8-9H2,1H3/t12-,13-/m1/s1. The number of hydrogen-bond acceptors (Lipinski definition) is 5. The minimum atomic E-state index is -2.62. The van der Waals surface area contributed by atoms with Crippen molar-refractivity contribution in [2.45, 2.75) is 44.3 Å². The summed E-state index contributed by atoms with van der Waals surface area (Å²) in [4.78, 5) is 15.8. The summed E-state index contributed by atoms with van der Waals surface area (Å²) < 4.78 is 31.5. The summed E-state index contributed by atoms with van der Waals surface area (Å²) in [5, 5.41) is 14.0. The molecule has 1 aromatic rings. The topological polar surface area (TPSA) is 69.8 Å². The number of piperidine rings is 1. The zero-order valence-electron chi connectivity index (χ0n) is 13.0. The Morgan fingerprint density at radius 1 is 1.43 bits per heavy atom. The van der Waals surface area contributed by atoms with E-state index in [1.54, 1.807) is 6.07 Å². The molecular weight excluding hydrogens is 308 g/mol. The minimum absolute atomic E-state index is 0.185. The second-order valence-corrected chi connectivity index (χ2v) is 6.27. The molecule has 0 bridgehead atoms. The molecule has 2 fully saturated rings. The molecule has 2 saturated heterocycles. The number of aryl methyl sites for hydroxylation is 1. The molecule has 23 heavy (non-hydrogen) atoms. The van der Waals surface area contributed by atoms with E-state index in [4.69, 9.17) is 4.52 Å². The molecule has 0 unspecified atom stereocenters. The summed E-state index contributed by atoms with van der Waals surface area (Å²) in [5.74, 6) is -2.28. The molecule has 2 aliphatic rings. The van der Waals surface area contributed by atoms with Crippen LogP contribution in [0.2, 0.25) is 0 Å². The van der Waals surface area contributed by atoms with Crippen molar-refractivity contribution in [2.75, 3.05) is 26.2 Å². The van der Waals surface area contributed by atoms with Crippen LogP contribution in [0.1, 0.15) is 36.0 Å². The molecule has 0 spiro atoms. The summed E-state index contributed by atoms with van der Waals surface area (Å²) in [7, 11) is 0. The van der Waals surface area contributed by atoms with Gasteiger partial charge in [-0.1, -0.05) is 12.1 Å². The van der Waals surface area contributed by atoms with Gasteiger partial charge in [-0.2, -0.15) is 0 Å². The van der Waals surface area contributed by atoms with Crippen LogP contribution in [-0.4, -0.2) is 70.2 Å². The Balaban J connectivity index is 1.63. The summed E-state index contributed by atoms with van der Waals surface area (Å²) >= 11 is 0. The normalized spacial score (nSPS) is 28.3. The Hall–Kier alpha value is -1.54. The number of aromatic nitrogens is 1. The number of likely N-dealkylation sites (tertiary alicyclic amines) is 2. The van der Waals surface area contributed by atoms with E-state index < -0.39 is 12.0 Å². The summed E-state index contributed by atoms with van der Waals surface area (Å²) in [6.45, 7) is 2.88. The molecule has 1 aromatic heterocycles. The van der Waals surface area contributed by atoms with E-state index in [1.165, 1.54) is 4.90 Å². The number of nitrogens with zero attached hydrogens (tertiary/aromatic N) is 3. The third-order valence-electron chi connectivity index (χ3n) is 4.67. The number of aliphatic hydroxyl groups is 1. The number of carbonyl (C=O) groups is 1. The Morgan fingerprint density at radius 2 is 2.13 bits per heavy atom. The molecule has 2 atom stereocenters. The zero-order valence-corrected chi connectivity index (χ0v) is 13.0. The van der Waals surface area contributed by atoms with Crippen molar-refractivity contribution in [1.82, 2.24) is 15.0 Å². The van der Waals surface area contributed by atoms with Crippen molar-refractivity contribution in [3.63, 3.8) is 0 Å². The number of aliphatic hydroxyl groups excluding tert-OH is 1. The van der Waals surface area contributed by atoms with Gasteiger partial charge in [-0.05, 0) is 0 Å². The minimum Gasteiger partial charge on any atom is -0.390 e. The largest absolute Gasteiger partial charge is 0.390 e. The fourth-order valence-corrected chi connectivity index (χ4v) is 3.22. The van der Waals surface area contributed by atoms with Gasteiger partial charge in [0.1, 0.15) is 5.76 Å². The number of carbonyl (C=O) groups excluding carboxylic acids is 1. The highest BCUT2D eigenvalue weighted by Gasteiger charge is 2.42. The lowest BCUT2D eigenvalue weighted by Crippen LogP contribution is -2.49. The van der Waals surface area contributed by atoms with Gasteiger partial charge >= 0.3 is 0 Å². The molecule has 0 aromatic carbocycles.